The van der Waals surface area contributed by atoms with E-state index in [1.54, 1.807) is 0 Å². The Hall–Kier alpha value is -1.79. The fourth-order valence-electron chi connectivity index (χ4n) is 4.12. The van der Waals surface area contributed by atoms with E-state index < -0.39 is 0 Å². The lowest BCUT2D eigenvalue weighted by molar-refractivity contribution is 0.146. The number of aromatic nitrogens is 2. The number of likely N-dealkylation sites (tertiary alicyclic amines) is 2. The molecule has 1 aromatic heterocycles. The molecule has 0 bridgehead atoms. The van der Waals surface area contributed by atoms with Crippen LogP contribution in [0.3, 0.4) is 0 Å². The number of nitrogens with one attached hydrogen (secondary N) is 2. The Morgan fingerprint density at radius 3 is 2.96 bits per heavy atom. The number of nitrogens with zero attached hydrogens (tertiary/aromatic N) is 3. The Morgan fingerprint density at radius 1 is 1.27 bits per heavy atom. The fraction of sp³-hybridized carbons (Fsp3) is 0.579. The lowest BCUT2D eigenvalue weighted by Crippen LogP contribution is -2.47. The molecular weight excluding hydrogens is 350 g/mol. The highest BCUT2D eigenvalue weighted by Gasteiger charge is 2.26. The zero-order valence-electron chi connectivity index (χ0n) is 15.0. The average Bonchev–Trinajstić information content (AvgIpc) is 3.28. The molecular formula is C19H26ClN5O. The maximum Gasteiger partial charge on any atom is 0.317 e. The summed E-state index contributed by atoms with van der Waals surface area (Å²) in [6.45, 7) is 5.68. The monoisotopic (exact) mass is 375 g/mol. The Balaban J connectivity index is 1.30. The molecule has 2 aliphatic heterocycles. The SMILES string of the molecule is O=C(NCc1nc2ccc(Cl)cc2[nH]1)N1CCC[C@H](CN2CCCC2)C1. The van der Waals surface area contributed by atoms with Crippen LogP contribution in [0.15, 0.2) is 18.2 Å². The first-order valence-corrected chi connectivity index (χ1v) is 9.94. The number of imidazole rings is 1. The molecule has 6 nitrogen and oxygen atoms in total. The van der Waals surface area contributed by atoms with Crippen molar-refractivity contribution in [1.29, 1.82) is 0 Å². The van der Waals surface area contributed by atoms with Crippen molar-refractivity contribution < 1.29 is 4.79 Å². The van der Waals surface area contributed by atoms with Crippen molar-refractivity contribution in [2.75, 3.05) is 32.7 Å². The predicted molar refractivity (Wildman–Crippen MR) is 103 cm³/mol. The Kier molecular flexibility index (Phi) is 5.31. The van der Waals surface area contributed by atoms with Gasteiger partial charge in [0.25, 0.3) is 0 Å². The number of benzene rings is 1. The molecule has 1 atom stereocenters. The van der Waals surface area contributed by atoms with Gasteiger partial charge in [0.2, 0.25) is 0 Å². The van der Waals surface area contributed by atoms with Gasteiger partial charge in [-0.25, -0.2) is 9.78 Å². The van der Waals surface area contributed by atoms with Crippen LogP contribution in [0, 0.1) is 5.92 Å². The molecule has 2 saturated heterocycles. The number of rotatable bonds is 4. The number of amides is 2. The van der Waals surface area contributed by atoms with Crippen molar-refractivity contribution in [2.45, 2.75) is 32.2 Å². The third-order valence-corrected chi connectivity index (χ3v) is 5.66. The van der Waals surface area contributed by atoms with Gasteiger partial charge in [0.15, 0.2) is 0 Å². The first kappa shape index (κ1) is 17.6. The van der Waals surface area contributed by atoms with Gasteiger partial charge in [-0.3, -0.25) is 0 Å². The van der Waals surface area contributed by atoms with Gasteiger partial charge in [0, 0.05) is 24.7 Å². The molecule has 2 N–H and O–H groups in total. The average molecular weight is 376 g/mol. The third-order valence-electron chi connectivity index (χ3n) is 5.42. The van der Waals surface area contributed by atoms with E-state index in [-0.39, 0.29) is 6.03 Å². The van der Waals surface area contributed by atoms with Gasteiger partial charge >= 0.3 is 6.03 Å². The van der Waals surface area contributed by atoms with Gasteiger partial charge in [0.05, 0.1) is 17.6 Å². The van der Waals surface area contributed by atoms with E-state index in [0.29, 0.717) is 17.5 Å². The van der Waals surface area contributed by atoms with E-state index in [1.807, 2.05) is 23.1 Å². The van der Waals surface area contributed by atoms with E-state index in [2.05, 4.69) is 20.2 Å². The third kappa shape index (κ3) is 4.13. The van der Waals surface area contributed by atoms with Crippen molar-refractivity contribution in [3.05, 3.63) is 29.0 Å². The highest BCUT2D eigenvalue weighted by Crippen LogP contribution is 2.20. The summed E-state index contributed by atoms with van der Waals surface area (Å²) in [5.74, 6) is 1.35. The quantitative estimate of drug-likeness (QED) is 0.862. The number of urea groups is 1. The number of fused-ring (bicyclic) bond motifs is 1. The summed E-state index contributed by atoms with van der Waals surface area (Å²) >= 11 is 6.00. The van der Waals surface area contributed by atoms with E-state index in [1.165, 1.54) is 32.4 Å². The number of carbonyl (C=O) groups is 1. The van der Waals surface area contributed by atoms with Crippen LogP contribution < -0.4 is 5.32 Å². The second-order valence-corrected chi connectivity index (χ2v) is 7.90. The molecule has 0 radical (unpaired) electrons. The summed E-state index contributed by atoms with van der Waals surface area (Å²) in [7, 11) is 0. The maximum atomic E-state index is 12.6. The van der Waals surface area contributed by atoms with E-state index in [0.717, 1.165) is 42.9 Å². The van der Waals surface area contributed by atoms with Crippen LogP contribution >= 0.6 is 11.6 Å². The molecule has 140 valence electrons. The molecule has 7 heteroatoms. The van der Waals surface area contributed by atoms with Crippen LogP contribution in [0.2, 0.25) is 5.02 Å². The lowest BCUT2D eigenvalue weighted by atomic mass is 9.98. The van der Waals surface area contributed by atoms with E-state index in [4.69, 9.17) is 11.6 Å². The number of hydrogen-bond donors (Lipinski definition) is 2. The highest BCUT2D eigenvalue weighted by atomic mass is 35.5. The van der Waals surface area contributed by atoms with Gasteiger partial charge in [-0.05, 0) is 62.9 Å². The summed E-state index contributed by atoms with van der Waals surface area (Å²) in [6.07, 6.45) is 4.96. The number of piperidine rings is 1. The topological polar surface area (TPSA) is 64.3 Å². The summed E-state index contributed by atoms with van der Waals surface area (Å²) in [5, 5.41) is 3.68. The van der Waals surface area contributed by atoms with Crippen molar-refractivity contribution in [3.63, 3.8) is 0 Å². The summed E-state index contributed by atoms with van der Waals surface area (Å²) in [6, 6.07) is 5.56. The van der Waals surface area contributed by atoms with Gasteiger partial charge in [-0.1, -0.05) is 11.6 Å². The second kappa shape index (κ2) is 7.84. The van der Waals surface area contributed by atoms with Crippen LogP contribution in [-0.2, 0) is 6.54 Å². The number of hydrogen-bond acceptors (Lipinski definition) is 3. The summed E-state index contributed by atoms with van der Waals surface area (Å²) in [4.78, 5) is 24.8. The minimum Gasteiger partial charge on any atom is -0.340 e. The van der Waals surface area contributed by atoms with Crippen LogP contribution in [0.1, 0.15) is 31.5 Å². The standard InChI is InChI=1S/C19H26ClN5O/c20-15-5-6-16-17(10-15)23-18(22-16)11-21-19(26)25-9-3-4-14(13-25)12-24-7-1-2-8-24/h5-6,10,14H,1-4,7-9,11-13H2,(H,21,26)(H,22,23)/t14-/m1/s1. The van der Waals surface area contributed by atoms with Crippen LogP contribution in [0.4, 0.5) is 4.79 Å². The van der Waals surface area contributed by atoms with Crippen molar-refractivity contribution in [1.82, 2.24) is 25.1 Å². The molecule has 26 heavy (non-hydrogen) atoms. The van der Waals surface area contributed by atoms with Crippen molar-refractivity contribution >= 4 is 28.7 Å². The minimum atomic E-state index is 0.00890. The predicted octanol–water partition coefficient (Wildman–Crippen LogP) is 3.23. The molecule has 2 fully saturated rings. The Bertz CT molecular complexity index is 770. The first-order chi connectivity index (χ1) is 12.7. The van der Waals surface area contributed by atoms with Gasteiger partial charge in [-0.15, -0.1) is 0 Å². The molecule has 2 amide bonds. The van der Waals surface area contributed by atoms with Crippen LogP contribution in [0.25, 0.3) is 11.0 Å². The largest absolute Gasteiger partial charge is 0.340 e. The van der Waals surface area contributed by atoms with Crippen LogP contribution in [0.5, 0.6) is 0 Å². The number of H-pyrrole nitrogens is 1. The fourth-order valence-corrected chi connectivity index (χ4v) is 4.29. The smallest absolute Gasteiger partial charge is 0.317 e. The summed E-state index contributed by atoms with van der Waals surface area (Å²) in [5.41, 5.74) is 1.76. The van der Waals surface area contributed by atoms with Crippen molar-refractivity contribution in [3.8, 4) is 0 Å². The molecule has 0 spiro atoms. The molecule has 2 aliphatic rings. The molecule has 2 aromatic rings. The normalized spacial score (nSPS) is 21.4. The minimum absolute atomic E-state index is 0.00890. The summed E-state index contributed by atoms with van der Waals surface area (Å²) < 4.78 is 0. The zero-order chi connectivity index (χ0) is 17.9. The van der Waals surface area contributed by atoms with Crippen molar-refractivity contribution in [2.24, 2.45) is 5.92 Å². The van der Waals surface area contributed by atoms with E-state index >= 15 is 0 Å². The Labute approximate surface area is 158 Å². The maximum absolute atomic E-state index is 12.6. The van der Waals surface area contributed by atoms with E-state index in [9.17, 15) is 4.79 Å². The number of halogens is 1. The molecule has 0 aliphatic carbocycles. The molecule has 3 heterocycles. The van der Waals surface area contributed by atoms with Gasteiger partial charge in [0.1, 0.15) is 5.82 Å². The second-order valence-electron chi connectivity index (χ2n) is 7.47. The van der Waals surface area contributed by atoms with Gasteiger partial charge in [-0.2, -0.15) is 0 Å². The first-order valence-electron chi connectivity index (χ1n) is 9.56. The van der Waals surface area contributed by atoms with Crippen LogP contribution in [-0.4, -0.2) is 58.5 Å². The number of aromatic amines is 1. The number of carbonyl (C=O) groups excluding carboxylic acids is 1. The lowest BCUT2D eigenvalue weighted by Gasteiger charge is -2.34. The zero-order valence-corrected chi connectivity index (χ0v) is 15.8. The Morgan fingerprint density at radius 2 is 2.12 bits per heavy atom. The highest BCUT2D eigenvalue weighted by molar-refractivity contribution is 6.31. The van der Waals surface area contributed by atoms with Gasteiger partial charge < -0.3 is 20.1 Å². The molecule has 0 unspecified atom stereocenters. The molecule has 1 aromatic carbocycles. The molecule has 4 rings (SSSR count). The molecule has 0 saturated carbocycles.